The van der Waals surface area contributed by atoms with E-state index in [0.29, 0.717) is 12.1 Å². The van der Waals surface area contributed by atoms with Crippen molar-refractivity contribution in [3.63, 3.8) is 0 Å². The van der Waals surface area contributed by atoms with Crippen molar-refractivity contribution < 1.29 is 4.79 Å². The first kappa shape index (κ1) is 16.8. The molecular weight excluding hydrogens is 320 g/mol. The van der Waals surface area contributed by atoms with Gasteiger partial charge in [-0.15, -0.1) is 11.8 Å². The fraction of sp³-hybridized carbons (Fsp3) is 0.368. The highest BCUT2D eigenvalue weighted by Crippen LogP contribution is 2.23. The van der Waals surface area contributed by atoms with Crippen molar-refractivity contribution in [2.45, 2.75) is 42.8 Å². The maximum atomic E-state index is 12.6. The highest BCUT2D eigenvalue weighted by atomic mass is 32.2. The molecule has 3 rings (SSSR count). The largest absolute Gasteiger partial charge is 0.351 e. The third kappa shape index (κ3) is 4.09. The van der Waals surface area contributed by atoms with Gasteiger partial charge < -0.3 is 10.3 Å². The molecule has 126 valence electrons. The minimum Gasteiger partial charge on any atom is -0.351 e. The zero-order valence-electron chi connectivity index (χ0n) is 13.8. The fourth-order valence-electron chi connectivity index (χ4n) is 3.05. The van der Waals surface area contributed by atoms with Crippen molar-refractivity contribution in [3.8, 4) is 0 Å². The van der Waals surface area contributed by atoms with Crippen LogP contribution in [0.2, 0.25) is 0 Å². The van der Waals surface area contributed by atoms with Gasteiger partial charge in [-0.1, -0.05) is 25.1 Å². The number of hydrogen-bond acceptors (Lipinski definition) is 3. The summed E-state index contributed by atoms with van der Waals surface area (Å²) in [4.78, 5) is 28.4. The van der Waals surface area contributed by atoms with Gasteiger partial charge in [0.05, 0.1) is 0 Å². The second-order valence-electron chi connectivity index (χ2n) is 6.16. The topological polar surface area (TPSA) is 62.0 Å². The Hall–Kier alpha value is -2.01. The summed E-state index contributed by atoms with van der Waals surface area (Å²) in [6.45, 7) is 2.66. The maximum absolute atomic E-state index is 12.6. The summed E-state index contributed by atoms with van der Waals surface area (Å²) in [6.07, 6.45) is 3.85. The molecule has 0 aliphatic heterocycles. The first-order valence-corrected chi connectivity index (χ1v) is 9.26. The molecule has 1 atom stereocenters. The van der Waals surface area contributed by atoms with E-state index in [1.807, 2.05) is 18.2 Å². The number of rotatable bonds is 5. The number of fused-ring (bicyclic) bond motifs is 1. The molecule has 0 saturated heterocycles. The molecule has 1 amide bonds. The van der Waals surface area contributed by atoms with E-state index in [1.165, 1.54) is 11.0 Å². The van der Waals surface area contributed by atoms with Crippen LogP contribution in [0.4, 0.5) is 0 Å². The Morgan fingerprint density at radius 2 is 2.00 bits per heavy atom. The lowest BCUT2D eigenvalue weighted by molar-refractivity contribution is 0.0952. The van der Waals surface area contributed by atoms with Gasteiger partial charge in [0.2, 0.25) is 5.56 Å². The molecule has 0 radical (unpaired) electrons. The zero-order valence-corrected chi connectivity index (χ0v) is 14.6. The summed E-state index contributed by atoms with van der Waals surface area (Å²) >= 11 is 1.73. The van der Waals surface area contributed by atoms with Gasteiger partial charge in [-0.05, 0) is 43.4 Å². The van der Waals surface area contributed by atoms with Gasteiger partial charge in [0.25, 0.3) is 5.91 Å². The summed E-state index contributed by atoms with van der Waals surface area (Å²) in [5.41, 5.74) is 2.31. The molecule has 0 fully saturated rings. The van der Waals surface area contributed by atoms with E-state index in [0.717, 1.165) is 36.9 Å². The number of nitrogens with one attached hydrogen (secondary N) is 2. The minimum atomic E-state index is -0.187. The van der Waals surface area contributed by atoms with Gasteiger partial charge >= 0.3 is 0 Å². The number of aromatic nitrogens is 1. The highest BCUT2D eigenvalue weighted by molar-refractivity contribution is 8.00. The lowest BCUT2D eigenvalue weighted by atomic mass is 9.92. The second kappa shape index (κ2) is 7.71. The molecule has 1 aliphatic rings. The lowest BCUT2D eigenvalue weighted by Crippen LogP contribution is -2.32. The Balaban J connectivity index is 1.65. The van der Waals surface area contributed by atoms with Crippen molar-refractivity contribution in [2.75, 3.05) is 6.54 Å². The molecule has 1 unspecified atom stereocenters. The van der Waals surface area contributed by atoms with E-state index in [2.05, 4.69) is 29.4 Å². The maximum Gasteiger partial charge on any atom is 0.251 e. The van der Waals surface area contributed by atoms with Crippen LogP contribution in [-0.2, 0) is 12.8 Å². The quantitative estimate of drug-likeness (QED) is 0.821. The lowest BCUT2D eigenvalue weighted by Gasteiger charge is -2.19. The van der Waals surface area contributed by atoms with Crippen LogP contribution >= 0.6 is 11.8 Å². The van der Waals surface area contributed by atoms with Crippen molar-refractivity contribution in [3.05, 3.63) is 63.6 Å². The third-order valence-electron chi connectivity index (χ3n) is 4.22. The van der Waals surface area contributed by atoms with E-state index in [1.54, 1.807) is 11.8 Å². The van der Waals surface area contributed by atoms with Crippen molar-refractivity contribution in [2.24, 2.45) is 0 Å². The molecule has 0 spiro atoms. The molecule has 1 aromatic carbocycles. The standard InChI is InChI=1S/C19H22N2O2S/c1-13(24-14-7-3-2-4-8-14)12-20-19(23)16-11-18(22)21-17-10-6-5-9-15(16)17/h2-4,7-8,11,13H,5-6,9-10,12H2,1H3,(H,20,23)(H,21,22). The van der Waals surface area contributed by atoms with E-state index in [9.17, 15) is 9.59 Å². The summed E-state index contributed by atoms with van der Waals surface area (Å²) in [5, 5.41) is 3.24. The third-order valence-corrected chi connectivity index (χ3v) is 5.33. The van der Waals surface area contributed by atoms with Crippen LogP contribution in [0, 0.1) is 0 Å². The number of aromatic amines is 1. The Bertz CT molecular complexity index is 771. The number of amides is 1. The SMILES string of the molecule is CC(CNC(=O)c1cc(=O)[nH]c2c1CCCC2)Sc1ccccc1. The van der Waals surface area contributed by atoms with Gasteiger partial charge in [-0.3, -0.25) is 9.59 Å². The van der Waals surface area contributed by atoms with Crippen LogP contribution < -0.4 is 10.9 Å². The number of thioether (sulfide) groups is 1. The van der Waals surface area contributed by atoms with Gasteiger partial charge in [-0.25, -0.2) is 0 Å². The van der Waals surface area contributed by atoms with E-state index in [-0.39, 0.29) is 16.7 Å². The summed E-state index contributed by atoms with van der Waals surface area (Å²) < 4.78 is 0. The monoisotopic (exact) mass is 342 g/mol. The van der Waals surface area contributed by atoms with Crippen LogP contribution in [0.5, 0.6) is 0 Å². The average Bonchev–Trinajstić information content (AvgIpc) is 2.59. The number of benzene rings is 1. The normalized spacial score (nSPS) is 14.7. The van der Waals surface area contributed by atoms with Gasteiger partial charge in [0.15, 0.2) is 0 Å². The number of carbonyl (C=O) groups excluding carboxylic acids is 1. The molecule has 1 aromatic heterocycles. The van der Waals surface area contributed by atoms with E-state index < -0.39 is 0 Å². The fourth-order valence-corrected chi connectivity index (χ4v) is 4.00. The van der Waals surface area contributed by atoms with Crippen LogP contribution in [0.3, 0.4) is 0 Å². The smallest absolute Gasteiger partial charge is 0.251 e. The van der Waals surface area contributed by atoms with E-state index in [4.69, 9.17) is 0 Å². The number of hydrogen-bond donors (Lipinski definition) is 2. The molecular formula is C19H22N2O2S. The predicted octanol–water partition coefficient (Wildman–Crippen LogP) is 3.16. The number of carbonyl (C=O) groups is 1. The van der Waals surface area contributed by atoms with Crippen molar-refractivity contribution in [1.29, 1.82) is 0 Å². The molecule has 1 aliphatic carbocycles. The number of H-pyrrole nitrogens is 1. The molecule has 24 heavy (non-hydrogen) atoms. The van der Waals surface area contributed by atoms with Crippen LogP contribution in [0.15, 0.2) is 46.1 Å². The van der Waals surface area contributed by atoms with Gasteiger partial charge in [0.1, 0.15) is 0 Å². The average molecular weight is 342 g/mol. The summed E-state index contributed by atoms with van der Waals surface area (Å²) in [7, 11) is 0. The number of aryl methyl sites for hydroxylation is 1. The summed E-state index contributed by atoms with van der Waals surface area (Å²) in [6, 6.07) is 11.6. The Morgan fingerprint density at radius 1 is 1.25 bits per heavy atom. The zero-order chi connectivity index (χ0) is 16.9. The highest BCUT2D eigenvalue weighted by Gasteiger charge is 2.19. The van der Waals surface area contributed by atoms with Crippen molar-refractivity contribution in [1.82, 2.24) is 10.3 Å². The van der Waals surface area contributed by atoms with Crippen molar-refractivity contribution >= 4 is 17.7 Å². The van der Waals surface area contributed by atoms with Crippen LogP contribution in [0.25, 0.3) is 0 Å². The Kier molecular flexibility index (Phi) is 5.41. The number of pyridine rings is 1. The molecule has 1 heterocycles. The molecule has 5 heteroatoms. The van der Waals surface area contributed by atoms with Gasteiger partial charge in [0, 0.05) is 34.0 Å². The first-order valence-electron chi connectivity index (χ1n) is 8.38. The molecule has 0 bridgehead atoms. The molecule has 4 nitrogen and oxygen atoms in total. The molecule has 0 saturated carbocycles. The molecule has 2 N–H and O–H groups in total. The van der Waals surface area contributed by atoms with E-state index >= 15 is 0 Å². The first-order chi connectivity index (χ1) is 11.6. The Labute approximate surface area is 146 Å². The second-order valence-corrected chi connectivity index (χ2v) is 7.67. The Morgan fingerprint density at radius 3 is 2.79 bits per heavy atom. The van der Waals surface area contributed by atoms with Crippen LogP contribution in [-0.4, -0.2) is 22.7 Å². The van der Waals surface area contributed by atoms with Gasteiger partial charge in [-0.2, -0.15) is 0 Å². The predicted molar refractivity (Wildman–Crippen MR) is 97.8 cm³/mol. The molecule has 2 aromatic rings. The summed E-state index contributed by atoms with van der Waals surface area (Å²) in [5.74, 6) is -0.139. The minimum absolute atomic E-state index is 0.139. The van der Waals surface area contributed by atoms with Crippen LogP contribution in [0.1, 0.15) is 41.4 Å².